The lowest BCUT2D eigenvalue weighted by atomic mass is 10.4. The Labute approximate surface area is 80.6 Å². The van der Waals surface area contributed by atoms with Gasteiger partial charge in [0.1, 0.15) is 0 Å². The number of rotatable bonds is 2. The lowest BCUT2D eigenvalue weighted by Crippen LogP contribution is -1.67. The molecule has 0 aliphatic rings. The fourth-order valence-electron chi connectivity index (χ4n) is 0.573. The predicted octanol–water partition coefficient (Wildman–Crippen LogP) is 3.44. The van der Waals surface area contributed by atoms with Gasteiger partial charge in [0.15, 0.2) is 5.82 Å². The van der Waals surface area contributed by atoms with Gasteiger partial charge in [0, 0.05) is 0 Å². The Hall–Kier alpha value is -1.38. The van der Waals surface area contributed by atoms with Crippen LogP contribution in [-0.2, 0) is 0 Å². The molecule has 0 saturated carbocycles. The molecule has 0 unspecified atom stereocenters. The first-order chi connectivity index (χ1) is 6.38. The van der Waals surface area contributed by atoms with E-state index in [1.54, 1.807) is 12.4 Å². The first kappa shape index (κ1) is 14.2. The minimum Gasteiger partial charge on any atom is -0.343 e. The van der Waals surface area contributed by atoms with Crippen LogP contribution in [0, 0.1) is 0 Å². The number of aromatic nitrogens is 2. The van der Waals surface area contributed by atoms with E-state index < -0.39 is 0 Å². The van der Waals surface area contributed by atoms with E-state index in [2.05, 4.69) is 28.3 Å². The maximum absolute atomic E-state index is 3.85. The molecule has 74 valence electrons. The molecule has 0 aliphatic heterocycles. The van der Waals surface area contributed by atoms with Crippen molar-refractivity contribution in [2.45, 2.75) is 27.7 Å². The average Bonchev–Trinajstić information content (AvgIpc) is 2.70. The quantitative estimate of drug-likeness (QED) is 0.698. The minimum absolute atomic E-state index is 0.602. The molecule has 13 heavy (non-hydrogen) atoms. The van der Waals surface area contributed by atoms with E-state index in [0.29, 0.717) is 5.82 Å². The van der Waals surface area contributed by atoms with Crippen molar-refractivity contribution in [3.63, 3.8) is 0 Å². The molecule has 3 heteroatoms. The van der Waals surface area contributed by atoms with Crippen LogP contribution in [0.25, 0.3) is 6.08 Å². The van der Waals surface area contributed by atoms with E-state index in [0.717, 1.165) is 5.69 Å². The molecule has 3 nitrogen and oxygen atoms in total. The number of hydrogen-bond acceptors (Lipinski definition) is 2. The van der Waals surface area contributed by atoms with Crippen LogP contribution in [0.3, 0.4) is 0 Å². The van der Waals surface area contributed by atoms with E-state index in [4.69, 9.17) is 0 Å². The molecule has 0 aliphatic carbocycles. The summed E-state index contributed by atoms with van der Waals surface area (Å²) in [7, 11) is 0. The van der Waals surface area contributed by atoms with Gasteiger partial charge in [-0.15, -0.1) is 0 Å². The highest BCUT2D eigenvalue weighted by Gasteiger charge is 1.94. The molecule has 1 heterocycles. The van der Waals surface area contributed by atoms with Crippen LogP contribution in [0.5, 0.6) is 0 Å². The summed E-state index contributed by atoms with van der Waals surface area (Å²) in [6, 6.07) is 0. The fourth-order valence-corrected chi connectivity index (χ4v) is 0.573. The Bertz CT molecular complexity index is 203. The third-order valence-corrected chi connectivity index (χ3v) is 1.00. The molecule has 0 aromatic carbocycles. The van der Waals surface area contributed by atoms with Crippen molar-refractivity contribution < 1.29 is 0 Å². The Morgan fingerprint density at radius 2 is 1.92 bits per heavy atom. The summed E-state index contributed by atoms with van der Waals surface area (Å²) in [5, 5.41) is 0. The predicted molar refractivity (Wildman–Crippen MR) is 60.6 cm³/mol. The van der Waals surface area contributed by atoms with Crippen molar-refractivity contribution in [1.29, 1.82) is 0 Å². The van der Waals surface area contributed by atoms with Crippen molar-refractivity contribution in [3.8, 4) is 0 Å². The molecular formula is C10H19N3. The lowest BCUT2D eigenvalue weighted by Gasteiger charge is -1.83. The SMILES string of the molecule is C=Cc1[nH]cnc1N=C.CC.CC. The van der Waals surface area contributed by atoms with Crippen molar-refractivity contribution >= 4 is 18.6 Å². The molecular weight excluding hydrogens is 162 g/mol. The van der Waals surface area contributed by atoms with Gasteiger partial charge in [-0.1, -0.05) is 34.3 Å². The first-order valence-corrected chi connectivity index (χ1v) is 4.51. The highest BCUT2D eigenvalue weighted by atomic mass is 15.0. The second-order valence-corrected chi connectivity index (χ2v) is 1.50. The molecule has 1 rings (SSSR count). The van der Waals surface area contributed by atoms with Crippen molar-refractivity contribution in [3.05, 3.63) is 18.6 Å². The van der Waals surface area contributed by atoms with Gasteiger partial charge in [0.25, 0.3) is 0 Å². The zero-order valence-corrected chi connectivity index (χ0v) is 8.96. The third-order valence-electron chi connectivity index (χ3n) is 1.00. The van der Waals surface area contributed by atoms with Crippen LogP contribution in [0.4, 0.5) is 5.82 Å². The topological polar surface area (TPSA) is 41.0 Å². The third kappa shape index (κ3) is 4.95. The van der Waals surface area contributed by atoms with E-state index >= 15 is 0 Å². The number of aliphatic imine (C=N–C) groups is 1. The van der Waals surface area contributed by atoms with E-state index in [1.165, 1.54) is 0 Å². The van der Waals surface area contributed by atoms with Gasteiger partial charge in [-0.3, -0.25) is 0 Å². The van der Waals surface area contributed by atoms with E-state index in [-0.39, 0.29) is 0 Å². The molecule has 1 N–H and O–H groups in total. The number of aromatic amines is 1. The number of imidazole rings is 1. The zero-order chi connectivity index (χ0) is 10.7. The van der Waals surface area contributed by atoms with Crippen molar-refractivity contribution in [2.24, 2.45) is 4.99 Å². The van der Waals surface area contributed by atoms with Gasteiger partial charge in [0.05, 0.1) is 12.0 Å². The first-order valence-electron chi connectivity index (χ1n) is 4.51. The maximum Gasteiger partial charge on any atom is 0.176 e. The number of hydrogen-bond donors (Lipinski definition) is 1. The molecule has 0 spiro atoms. The van der Waals surface area contributed by atoms with E-state index in [1.807, 2.05) is 27.7 Å². The lowest BCUT2D eigenvalue weighted by molar-refractivity contribution is 1.30. The number of H-pyrrole nitrogens is 1. The second kappa shape index (κ2) is 10.6. The largest absolute Gasteiger partial charge is 0.343 e. The minimum atomic E-state index is 0.602. The van der Waals surface area contributed by atoms with E-state index in [9.17, 15) is 0 Å². The van der Waals surface area contributed by atoms with Crippen LogP contribution in [0.15, 0.2) is 17.9 Å². The van der Waals surface area contributed by atoms with Gasteiger partial charge in [-0.2, -0.15) is 0 Å². The van der Waals surface area contributed by atoms with Crippen molar-refractivity contribution in [1.82, 2.24) is 9.97 Å². The Kier molecular flexibility index (Phi) is 11.6. The smallest absolute Gasteiger partial charge is 0.176 e. The molecule has 0 amide bonds. The van der Waals surface area contributed by atoms with Crippen LogP contribution in [0.2, 0.25) is 0 Å². The Balaban J connectivity index is 0. The Morgan fingerprint density at radius 1 is 1.38 bits per heavy atom. The van der Waals surface area contributed by atoms with Gasteiger partial charge in [-0.05, 0) is 12.8 Å². The molecule has 1 aromatic rings. The van der Waals surface area contributed by atoms with Crippen LogP contribution < -0.4 is 0 Å². The summed E-state index contributed by atoms with van der Waals surface area (Å²) in [4.78, 5) is 10.3. The second-order valence-electron chi connectivity index (χ2n) is 1.50. The fraction of sp³-hybridized carbons (Fsp3) is 0.400. The molecule has 0 bridgehead atoms. The highest BCUT2D eigenvalue weighted by Crippen LogP contribution is 2.12. The van der Waals surface area contributed by atoms with Gasteiger partial charge in [0.2, 0.25) is 0 Å². The summed E-state index contributed by atoms with van der Waals surface area (Å²) in [6.07, 6.45) is 3.21. The zero-order valence-electron chi connectivity index (χ0n) is 8.96. The monoisotopic (exact) mass is 181 g/mol. The molecule has 0 atom stereocenters. The number of nitrogens with one attached hydrogen (secondary N) is 1. The average molecular weight is 181 g/mol. The van der Waals surface area contributed by atoms with Crippen molar-refractivity contribution in [2.75, 3.05) is 0 Å². The summed E-state index contributed by atoms with van der Waals surface area (Å²) in [6.45, 7) is 14.9. The summed E-state index contributed by atoms with van der Waals surface area (Å²) < 4.78 is 0. The maximum atomic E-state index is 3.85. The summed E-state index contributed by atoms with van der Waals surface area (Å²) in [5.41, 5.74) is 0.810. The standard InChI is InChI=1S/C6H7N3.2C2H6/c1-3-5-6(7-2)9-4-8-5;2*1-2/h3-4H,1-2H2,(H,8,9);2*1-2H3. The molecule has 0 radical (unpaired) electrons. The molecule has 0 saturated heterocycles. The van der Waals surface area contributed by atoms with Crippen LogP contribution >= 0.6 is 0 Å². The normalized spacial score (nSPS) is 7.08. The van der Waals surface area contributed by atoms with Gasteiger partial charge >= 0.3 is 0 Å². The highest BCUT2D eigenvalue weighted by molar-refractivity contribution is 5.57. The number of nitrogens with zero attached hydrogens (tertiary/aromatic N) is 2. The molecule has 1 aromatic heterocycles. The van der Waals surface area contributed by atoms with Gasteiger partial charge in [-0.25, -0.2) is 9.98 Å². The van der Waals surface area contributed by atoms with Crippen LogP contribution in [-0.4, -0.2) is 16.7 Å². The summed E-state index contributed by atoms with van der Waals surface area (Å²) in [5.74, 6) is 0.602. The van der Waals surface area contributed by atoms with Crippen LogP contribution in [0.1, 0.15) is 33.4 Å². The summed E-state index contributed by atoms with van der Waals surface area (Å²) >= 11 is 0. The molecule has 0 fully saturated rings. The van der Waals surface area contributed by atoms with Gasteiger partial charge < -0.3 is 4.98 Å². The Morgan fingerprint density at radius 3 is 2.23 bits per heavy atom.